The van der Waals surface area contributed by atoms with Gasteiger partial charge in [-0.25, -0.2) is 4.98 Å². The summed E-state index contributed by atoms with van der Waals surface area (Å²) in [6, 6.07) is 3.47. The lowest BCUT2D eigenvalue weighted by Gasteiger charge is -2.22. The molecule has 0 aromatic carbocycles. The first kappa shape index (κ1) is 23.0. The molecular formula is C17H29Cl2N3O2. The Morgan fingerprint density at radius 1 is 1.33 bits per heavy atom. The molecule has 0 saturated heterocycles. The van der Waals surface area contributed by atoms with Gasteiger partial charge in [0, 0.05) is 12.2 Å². The van der Waals surface area contributed by atoms with Gasteiger partial charge in [-0.05, 0) is 37.8 Å². The molecule has 1 saturated carbocycles. The van der Waals surface area contributed by atoms with Crippen LogP contribution in [-0.2, 0) is 4.79 Å². The first-order valence-electron chi connectivity index (χ1n) is 8.22. The van der Waals surface area contributed by atoms with Crippen LogP contribution in [0.5, 0.6) is 5.75 Å². The summed E-state index contributed by atoms with van der Waals surface area (Å²) in [5.74, 6) is 1.33. The van der Waals surface area contributed by atoms with E-state index in [4.69, 9.17) is 10.5 Å². The predicted molar refractivity (Wildman–Crippen MR) is 102 cm³/mol. The number of halogens is 2. The molecule has 1 aromatic rings. The van der Waals surface area contributed by atoms with Crippen molar-refractivity contribution >= 4 is 36.5 Å². The van der Waals surface area contributed by atoms with Gasteiger partial charge in [0.25, 0.3) is 0 Å². The number of hydrogen-bond donors (Lipinski definition) is 2. The van der Waals surface area contributed by atoms with Gasteiger partial charge in [0.2, 0.25) is 5.91 Å². The van der Waals surface area contributed by atoms with E-state index in [1.165, 1.54) is 32.1 Å². The molecule has 0 bridgehead atoms. The summed E-state index contributed by atoms with van der Waals surface area (Å²) in [5.41, 5.74) is 5.77. The summed E-state index contributed by atoms with van der Waals surface area (Å²) in [6.07, 6.45) is 8.01. The van der Waals surface area contributed by atoms with Crippen molar-refractivity contribution in [2.75, 3.05) is 11.9 Å². The zero-order valence-electron chi connectivity index (χ0n) is 14.4. The van der Waals surface area contributed by atoms with E-state index in [1.54, 1.807) is 6.20 Å². The van der Waals surface area contributed by atoms with Crippen molar-refractivity contribution in [2.24, 2.45) is 17.6 Å². The lowest BCUT2D eigenvalue weighted by atomic mass is 9.90. The summed E-state index contributed by atoms with van der Waals surface area (Å²) < 4.78 is 5.91. The van der Waals surface area contributed by atoms with E-state index >= 15 is 0 Å². The van der Waals surface area contributed by atoms with Gasteiger partial charge >= 0.3 is 0 Å². The molecule has 1 fully saturated rings. The van der Waals surface area contributed by atoms with Crippen molar-refractivity contribution in [3.63, 3.8) is 0 Å². The molecule has 3 N–H and O–H groups in total. The van der Waals surface area contributed by atoms with Crippen LogP contribution in [0.2, 0.25) is 0 Å². The van der Waals surface area contributed by atoms with Crippen LogP contribution in [0.4, 0.5) is 5.82 Å². The summed E-state index contributed by atoms with van der Waals surface area (Å²) in [6.45, 7) is 4.33. The van der Waals surface area contributed by atoms with E-state index in [1.807, 2.05) is 26.0 Å². The quantitative estimate of drug-likeness (QED) is 0.789. The van der Waals surface area contributed by atoms with E-state index in [-0.39, 0.29) is 42.7 Å². The minimum absolute atomic E-state index is 0. The van der Waals surface area contributed by atoms with Crippen molar-refractivity contribution in [1.29, 1.82) is 0 Å². The summed E-state index contributed by atoms with van der Waals surface area (Å²) in [4.78, 5) is 16.4. The SMILES string of the molecule is CC(N)C(C)C(=O)Nc1ncccc1OCC1CCCCC1.Cl.Cl. The maximum atomic E-state index is 12.1. The lowest BCUT2D eigenvalue weighted by Crippen LogP contribution is -2.34. The van der Waals surface area contributed by atoms with Crippen LogP contribution in [0.15, 0.2) is 18.3 Å². The summed E-state index contributed by atoms with van der Waals surface area (Å²) >= 11 is 0. The minimum Gasteiger partial charge on any atom is -0.489 e. The number of carbonyl (C=O) groups is 1. The lowest BCUT2D eigenvalue weighted by molar-refractivity contribution is -0.119. The Balaban J connectivity index is 0.00000264. The number of carbonyl (C=O) groups excluding carboxylic acids is 1. The summed E-state index contributed by atoms with van der Waals surface area (Å²) in [5, 5.41) is 2.82. The molecule has 2 rings (SSSR count). The molecule has 1 aromatic heterocycles. The highest BCUT2D eigenvalue weighted by molar-refractivity contribution is 5.93. The van der Waals surface area contributed by atoms with Crippen LogP contribution in [0.1, 0.15) is 46.0 Å². The number of amides is 1. The van der Waals surface area contributed by atoms with Crippen molar-refractivity contribution < 1.29 is 9.53 Å². The average Bonchev–Trinajstić information content (AvgIpc) is 2.54. The Morgan fingerprint density at radius 2 is 2.00 bits per heavy atom. The molecule has 0 radical (unpaired) electrons. The highest BCUT2D eigenvalue weighted by Gasteiger charge is 2.20. The van der Waals surface area contributed by atoms with E-state index in [9.17, 15) is 4.79 Å². The average molecular weight is 378 g/mol. The Labute approximate surface area is 156 Å². The monoisotopic (exact) mass is 377 g/mol. The highest BCUT2D eigenvalue weighted by Crippen LogP contribution is 2.27. The molecule has 5 nitrogen and oxygen atoms in total. The normalized spacial score (nSPS) is 17.0. The largest absolute Gasteiger partial charge is 0.489 e. The number of rotatable bonds is 6. The molecular weight excluding hydrogens is 349 g/mol. The van der Waals surface area contributed by atoms with Crippen LogP contribution >= 0.6 is 24.8 Å². The number of aromatic nitrogens is 1. The number of nitrogens with two attached hydrogens (primary N) is 1. The van der Waals surface area contributed by atoms with Crippen LogP contribution in [0.25, 0.3) is 0 Å². The molecule has 0 aliphatic heterocycles. The van der Waals surface area contributed by atoms with Gasteiger partial charge in [0.1, 0.15) is 0 Å². The molecule has 7 heteroatoms. The van der Waals surface area contributed by atoms with Crippen LogP contribution in [0, 0.1) is 11.8 Å². The van der Waals surface area contributed by atoms with Gasteiger partial charge in [-0.1, -0.05) is 26.2 Å². The van der Waals surface area contributed by atoms with Gasteiger partial charge in [0.05, 0.1) is 12.5 Å². The maximum Gasteiger partial charge on any atom is 0.230 e. The summed E-state index contributed by atoms with van der Waals surface area (Å²) in [7, 11) is 0. The van der Waals surface area contributed by atoms with Gasteiger partial charge in [0.15, 0.2) is 11.6 Å². The number of anilines is 1. The fourth-order valence-electron chi connectivity index (χ4n) is 2.63. The molecule has 1 aliphatic carbocycles. The third-order valence-corrected chi connectivity index (χ3v) is 4.41. The van der Waals surface area contributed by atoms with Crippen LogP contribution < -0.4 is 15.8 Å². The van der Waals surface area contributed by atoms with E-state index in [0.717, 1.165) is 0 Å². The Morgan fingerprint density at radius 3 is 2.62 bits per heavy atom. The zero-order valence-corrected chi connectivity index (χ0v) is 16.0. The molecule has 2 unspecified atom stereocenters. The number of nitrogens with one attached hydrogen (secondary N) is 1. The Bertz CT molecular complexity index is 494. The fraction of sp³-hybridized carbons (Fsp3) is 0.647. The molecule has 138 valence electrons. The van der Waals surface area contributed by atoms with Crippen molar-refractivity contribution in [3.8, 4) is 5.75 Å². The van der Waals surface area contributed by atoms with Crippen molar-refractivity contribution in [1.82, 2.24) is 4.98 Å². The second kappa shape index (κ2) is 11.5. The third-order valence-electron chi connectivity index (χ3n) is 4.41. The van der Waals surface area contributed by atoms with Crippen LogP contribution in [-0.4, -0.2) is 23.5 Å². The molecule has 0 spiro atoms. The zero-order chi connectivity index (χ0) is 15.9. The van der Waals surface area contributed by atoms with E-state index in [0.29, 0.717) is 24.1 Å². The number of hydrogen-bond acceptors (Lipinski definition) is 4. The van der Waals surface area contributed by atoms with Crippen LogP contribution in [0.3, 0.4) is 0 Å². The fourth-order valence-corrected chi connectivity index (χ4v) is 2.63. The minimum atomic E-state index is -0.270. The molecule has 1 aliphatic rings. The first-order chi connectivity index (χ1) is 10.6. The Hall–Kier alpha value is -1.04. The standard InChI is InChI=1S/C17H27N3O2.2ClH/c1-12(13(2)18)17(21)20-16-15(9-6-10-19-16)22-11-14-7-4-3-5-8-14;;/h6,9-10,12-14H,3-5,7-8,11,18H2,1-2H3,(H,19,20,21);2*1H. The predicted octanol–water partition coefficient (Wildman–Crippen LogP) is 3.81. The number of nitrogens with zero attached hydrogens (tertiary/aromatic N) is 1. The van der Waals surface area contributed by atoms with Gasteiger partial charge in [-0.15, -0.1) is 24.8 Å². The van der Waals surface area contributed by atoms with Gasteiger partial charge < -0.3 is 15.8 Å². The number of pyridine rings is 1. The molecule has 2 atom stereocenters. The Kier molecular flexibility index (Phi) is 11.0. The number of ether oxygens (including phenoxy) is 1. The second-order valence-electron chi connectivity index (χ2n) is 6.30. The van der Waals surface area contributed by atoms with Crippen molar-refractivity contribution in [3.05, 3.63) is 18.3 Å². The van der Waals surface area contributed by atoms with E-state index < -0.39 is 0 Å². The second-order valence-corrected chi connectivity index (χ2v) is 6.30. The van der Waals surface area contributed by atoms with E-state index in [2.05, 4.69) is 10.3 Å². The smallest absolute Gasteiger partial charge is 0.230 e. The molecule has 24 heavy (non-hydrogen) atoms. The van der Waals surface area contributed by atoms with Gasteiger partial charge in [-0.2, -0.15) is 0 Å². The highest BCUT2D eigenvalue weighted by atomic mass is 35.5. The van der Waals surface area contributed by atoms with Gasteiger partial charge in [-0.3, -0.25) is 4.79 Å². The van der Waals surface area contributed by atoms with Crippen molar-refractivity contribution in [2.45, 2.75) is 52.0 Å². The molecule has 1 amide bonds. The topological polar surface area (TPSA) is 77.2 Å². The third kappa shape index (κ3) is 6.83. The maximum absolute atomic E-state index is 12.1. The first-order valence-corrected chi connectivity index (χ1v) is 8.22. The molecule has 1 heterocycles.